The third-order valence-corrected chi connectivity index (χ3v) is 2.99. The van der Waals surface area contributed by atoms with E-state index in [4.69, 9.17) is 0 Å². The summed E-state index contributed by atoms with van der Waals surface area (Å²) in [6.45, 7) is 1.13. The Morgan fingerprint density at radius 1 is 0.800 bits per heavy atom. The van der Waals surface area contributed by atoms with Crippen molar-refractivity contribution >= 4 is 11.8 Å². The van der Waals surface area contributed by atoms with Gasteiger partial charge in [0.05, 0.1) is 0 Å². The number of halogens is 6. The Morgan fingerprint density at radius 3 is 1.25 bits per heavy atom. The number of carbonyl (C=O) groups excluding carboxylic acids is 2. The van der Waals surface area contributed by atoms with Gasteiger partial charge in [-0.2, -0.15) is 26.3 Å². The molecule has 0 aromatic carbocycles. The lowest BCUT2D eigenvalue weighted by molar-refractivity contribution is -0.199. The van der Waals surface area contributed by atoms with E-state index in [0.29, 0.717) is 9.80 Å². The molecule has 0 saturated carbocycles. The van der Waals surface area contributed by atoms with Gasteiger partial charge in [0, 0.05) is 25.2 Å². The molecule has 2 unspecified atom stereocenters. The van der Waals surface area contributed by atoms with Crippen LogP contribution in [0.5, 0.6) is 0 Å². The van der Waals surface area contributed by atoms with Gasteiger partial charge in [0.25, 0.3) is 0 Å². The highest BCUT2D eigenvalue weighted by atomic mass is 19.4. The molecule has 0 radical (unpaired) electrons. The van der Waals surface area contributed by atoms with E-state index in [1.165, 1.54) is 0 Å². The van der Waals surface area contributed by atoms with Gasteiger partial charge in [-0.3, -0.25) is 9.59 Å². The molecule has 1 aliphatic heterocycles. The van der Waals surface area contributed by atoms with Gasteiger partial charge in [-0.05, 0) is 13.8 Å². The van der Waals surface area contributed by atoms with E-state index in [9.17, 15) is 35.9 Å². The Kier molecular flexibility index (Phi) is 4.25. The summed E-state index contributed by atoms with van der Waals surface area (Å²) < 4.78 is 74.0. The van der Waals surface area contributed by atoms with Gasteiger partial charge in [0.1, 0.15) is 0 Å². The summed E-state index contributed by atoms with van der Waals surface area (Å²) in [5, 5.41) is 0. The molecule has 1 saturated heterocycles. The molecular formula is C10H12F6N2O2. The van der Waals surface area contributed by atoms with E-state index in [1.54, 1.807) is 0 Å². The van der Waals surface area contributed by atoms with E-state index >= 15 is 0 Å². The molecule has 116 valence electrons. The van der Waals surface area contributed by atoms with Crippen molar-refractivity contribution in [3.05, 3.63) is 0 Å². The van der Waals surface area contributed by atoms with E-state index in [2.05, 4.69) is 0 Å². The van der Waals surface area contributed by atoms with Crippen LogP contribution in [0.4, 0.5) is 26.3 Å². The van der Waals surface area contributed by atoms with Crippen molar-refractivity contribution in [2.75, 3.05) is 13.1 Å². The van der Waals surface area contributed by atoms with Crippen molar-refractivity contribution < 1.29 is 35.9 Å². The van der Waals surface area contributed by atoms with Gasteiger partial charge in [0.15, 0.2) is 0 Å². The third kappa shape index (κ3) is 3.34. The number of carbonyl (C=O) groups is 2. The normalized spacial score (nSPS) is 24.8. The fourth-order valence-electron chi connectivity index (χ4n) is 2.02. The predicted molar refractivity (Wildman–Crippen MR) is 54.5 cm³/mol. The molecule has 0 bridgehead atoms. The number of hydrogen-bond donors (Lipinski definition) is 0. The van der Waals surface area contributed by atoms with Crippen molar-refractivity contribution in [2.24, 2.45) is 0 Å². The molecule has 2 amide bonds. The molecular weight excluding hydrogens is 294 g/mol. The van der Waals surface area contributed by atoms with Gasteiger partial charge in [-0.15, -0.1) is 0 Å². The zero-order chi connectivity index (χ0) is 15.9. The topological polar surface area (TPSA) is 40.6 Å². The fraction of sp³-hybridized carbons (Fsp3) is 0.800. The van der Waals surface area contributed by atoms with E-state index in [1.807, 2.05) is 0 Å². The second kappa shape index (κ2) is 5.13. The summed E-state index contributed by atoms with van der Waals surface area (Å²) in [7, 11) is 0. The van der Waals surface area contributed by atoms with Gasteiger partial charge in [-0.25, -0.2) is 0 Å². The molecule has 1 heterocycles. The third-order valence-electron chi connectivity index (χ3n) is 2.99. The summed E-state index contributed by atoms with van der Waals surface area (Å²) in [6, 6.07) is -2.29. The number of hydrogen-bond acceptors (Lipinski definition) is 2. The summed E-state index contributed by atoms with van der Waals surface area (Å²) in [4.78, 5) is 23.1. The molecule has 0 spiro atoms. The minimum absolute atomic E-state index is 0.435. The predicted octanol–water partition coefficient (Wildman–Crippen LogP) is 1.56. The maximum Gasteiger partial charge on any atom is 0.471 e. The van der Waals surface area contributed by atoms with Gasteiger partial charge in [0.2, 0.25) is 0 Å². The van der Waals surface area contributed by atoms with Crippen LogP contribution >= 0.6 is 0 Å². The van der Waals surface area contributed by atoms with Crippen molar-refractivity contribution in [2.45, 2.75) is 38.3 Å². The SMILES string of the molecule is CC1CN(C(=O)C(F)(F)F)C(C)CN1C(=O)C(F)(F)F. The second-order valence-electron chi connectivity index (χ2n) is 4.61. The standard InChI is InChI=1S/C10H12F6N2O2/c1-5-3-18(8(20)10(14,15)16)6(2)4-17(5)7(19)9(11,12)13/h5-6H,3-4H2,1-2H3. The quantitative estimate of drug-likeness (QED) is 0.637. The first-order valence-electron chi connectivity index (χ1n) is 5.61. The maximum atomic E-state index is 12.3. The number of alkyl halides is 6. The van der Waals surface area contributed by atoms with Crippen LogP contribution in [0.3, 0.4) is 0 Å². The lowest BCUT2D eigenvalue weighted by Crippen LogP contribution is -2.63. The first-order valence-corrected chi connectivity index (χ1v) is 5.61. The second-order valence-corrected chi connectivity index (χ2v) is 4.61. The summed E-state index contributed by atoms with van der Waals surface area (Å²) in [6.07, 6.45) is -10.2. The molecule has 0 aromatic rings. The molecule has 0 aliphatic carbocycles. The van der Waals surface area contributed by atoms with Gasteiger partial charge >= 0.3 is 24.2 Å². The van der Waals surface area contributed by atoms with Crippen LogP contribution in [0.15, 0.2) is 0 Å². The molecule has 1 rings (SSSR count). The van der Waals surface area contributed by atoms with Crippen molar-refractivity contribution in [1.29, 1.82) is 0 Å². The lowest BCUT2D eigenvalue weighted by Gasteiger charge is -2.44. The first kappa shape index (κ1) is 16.6. The van der Waals surface area contributed by atoms with Crippen LogP contribution in [0.1, 0.15) is 13.8 Å². The lowest BCUT2D eigenvalue weighted by atomic mass is 10.1. The number of piperazine rings is 1. The smallest absolute Gasteiger partial charge is 0.328 e. The monoisotopic (exact) mass is 306 g/mol. The van der Waals surface area contributed by atoms with Crippen molar-refractivity contribution in [3.8, 4) is 0 Å². The zero-order valence-corrected chi connectivity index (χ0v) is 10.5. The van der Waals surface area contributed by atoms with Crippen LogP contribution in [-0.4, -0.2) is 59.1 Å². The zero-order valence-electron chi connectivity index (χ0n) is 10.5. The Balaban J connectivity index is 2.87. The van der Waals surface area contributed by atoms with Gasteiger partial charge < -0.3 is 9.80 Å². The van der Waals surface area contributed by atoms with Crippen LogP contribution in [0.25, 0.3) is 0 Å². The van der Waals surface area contributed by atoms with Crippen molar-refractivity contribution in [1.82, 2.24) is 9.80 Å². The van der Waals surface area contributed by atoms with Crippen LogP contribution in [0.2, 0.25) is 0 Å². The number of nitrogens with zero attached hydrogens (tertiary/aromatic N) is 2. The molecule has 1 fully saturated rings. The molecule has 2 atom stereocenters. The highest BCUT2D eigenvalue weighted by molar-refractivity contribution is 5.84. The summed E-state index contributed by atoms with van der Waals surface area (Å²) >= 11 is 0. The Bertz CT molecular complexity index is 368. The van der Waals surface area contributed by atoms with Crippen LogP contribution in [-0.2, 0) is 9.59 Å². The average molecular weight is 306 g/mol. The van der Waals surface area contributed by atoms with Crippen LogP contribution in [0, 0.1) is 0 Å². The fourth-order valence-corrected chi connectivity index (χ4v) is 2.02. The summed E-state index contributed by atoms with van der Waals surface area (Å²) in [5.74, 6) is -4.23. The Hall–Kier alpha value is -1.48. The molecule has 0 aromatic heterocycles. The van der Waals surface area contributed by atoms with Crippen LogP contribution < -0.4 is 0 Å². The first-order chi connectivity index (χ1) is 8.85. The molecule has 20 heavy (non-hydrogen) atoms. The van der Waals surface area contributed by atoms with Gasteiger partial charge in [-0.1, -0.05) is 0 Å². The molecule has 4 nitrogen and oxygen atoms in total. The number of amides is 2. The average Bonchev–Trinajstić information content (AvgIpc) is 2.27. The minimum Gasteiger partial charge on any atom is -0.328 e. The highest BCUT2D eigenvalue weighted by Gasteiger charge is 2.50. The highest BCUT2D eigenvalue weighted by Crippen LogP contribution is 2.27. The van der Waals surface area contributed by atoms with E-state index in [0.717, 1.165) is 13.8 Å². The Morgan fingerprint density at radius 2 is 1.05 bits per heavy atom. The minimum atomic E-state index is -5.09. The number of rotatable bonds is 0. The largest absolute Gasteiger partial charge is 0.471 e. The van der Waals surface area contributed by atoms with E-state index in [-0.39, 0.29) is 0 Å². The maximum absolute atomic E-state index is 12.3. The molecule has 1 aliphatic rings. The summed E-state index contributed by atoms with van der Waals surface area (Å²) in [5.41, 5.74) is 0. The molecule has 0 N–H and O–H groups in total. The van der Waals surface area contributed by atoms with Crippen molar-refractivity contribution in [3.63, 3.8) is 0 Å². The Labute approximate surface area is 110 Å². The van der Waals surface area contributed by atoms with E-state index < -0.39 is 49.3 Å². The molecule has 10 heteroatoms.